The second-order valence-electron chi connectivity index (χ2n) is 9.33. The van der Waals surface area contributed by atoms with E-state index in [9.17, 15) is 9.59 Å². The largest absolute Gasteiger partial charge is 0.465 e. The van der Waals surface area contributed by atoms with E-state index in [-0.39, 0.29) is 5.91 Å². The average Bonchev–Trinajstić information content (AvgIpc) is 3.05. The summed E-state index contributed by atoms with van der Waals surface area (Å²) in [4.78, 5) is 27.7. The molecule has 2 N–H and O–H groups in total. The number of fused-ring (bicyclic) bond motifs is 1. The molecule has 36 heavy (non-hydrogen) atoms. The minimum absolute atomic E-state index is 0.212. The molecule has 0 saturated carbocycles. The van der Waals surface area contributed by atoms with Gasteiger partial charge in [0.15, 0.2) is 0 Å². The van der Waals surface area contributed by atoms with Gasteiger partial charge in [0.1, 0.15) is 0 Å². The molecule has 3 aromatic rings. The number of carbonyl (C=O) groups excluding carboxylic acids is 2. The second kappa shape index (κ2) is 10.8. The Kier molecular flexibility index (Phi) is 7.14. The van der Waals surface area contributed by atoms with Crippen molar-refractivity contribution >= 4 is 34.5 Å². The van der Waals surface area contributed by atoms with E-state index in [0.29, 0.717) is 16.8 Å². The summed E-state index contributed by atoms with van der Waals surface area (Å²) in [6.07, 6.45) is 5.21. The summed E-state index contributed by atoms with van der Waals surface area (Å²) in [5, 5.41) is 6.42. The molecule has 0 spiro atoms. The van der Waals surface area contributed by atoms with Gasteiger partial charge in [-0.05, 0) is 61.3 Å². The van der Waals surface area contributed by atoms with Crippen molar-refractivity contribution in [3.05, 3.63) is 95.1 Å². The first-order valence-electron chi connectivity index (χ1n) is 12.5. The van der Waals surface area contributed by atoms with Crippen molar-refractivity contribution in [3.63, 3.8) is 0 Å². The van der Waals surface area contributed by atoms with Gasteiger partial charge in [-0.2, -0.15) is 0 Å². The van der Waals surface area contributed by atoms with Crippen LogP contribution in [0, 0.1) is 0 Å². The molecule has 6 nitrogen and oxygen atoms in total. The Morgan fingerprint density at radius 3 is 2.33 bits per heavy atom. The van der Waals surface area contributed by atoms with Crippen LogP contribution < -0.4 is 10.6 Å². The zero-order chi connectivity index (χ0) is 24.9. The number of nitrogens with one attached hydrogen (secondary N) is 2. The summed E-state index contributed by atoms with van der Waals surface area (Å²) in [5.74, 6) is -0.651. The maximum absolute atomic E-state index is 13.2. The van der Waals surface area contributed by atoms with Crippen LogP contribution in [-0.4, -0.2) is 37.0 Å². The Hall–Kier alpha value is -3.90. The number of methoxy groups -OCH3 is 1. The molecular weight excluding hydrogens is 450 g/mol. The van der Waals surface area contributed by atoms with E-state index in [1.54, 1.807) is 18.2 Å². The number of esters is 1. The van der Waals surface area contributed by atoms with Gasteiger partial charge in [0, 0.05) is 17.8 Å². The van der Waals surface area contributed by atoms with E-state index >= 15 is 0 Å². The van der Waals surface area contributed by atoms with Crippen molar-refractivity contribution in [2.75, 3.05) is 30.8 Å². The molecule has 2 aliphatic heterocycles. The molecule has 1 saturated heterocycles. The van der Waals surface area contributed by atoms with E-state index in [2.05, 4.69) is 39.8 Å². The number of hydrogen-bond acceptors (Lipinski definition) is 5. The van der Waals surface area contributed by atoms with E-state index in [0.717, 1.165) is 42.1 Å². The lowest BCUT2D eigenvalue weighted by Gasteiger charge is -2.20. The number of likely N-dealkylation sites (tertiary alicyclic amines) is 1. The first-order chi connectivity index (χ1) is 17.6. The fourth-order valence-corrected chi connectivity index (χ4v) is 4.94. The highest BCUT2D eigenvalue weighted by molar-refractivity contribution is 6.37. The molecule has 2 aliphatic rings. The topological polar surface area (TPSA) is 70.7 Å². The van der Waals surface area contributed by atoms with Crippen molar-refractivity contribution in [2.45, 2.75) is 32.2 Å². The van der Waals surface area contributed by atoms with Gasteiger partial charge in [0.05, 0.1) is 29.6 Å². The molecule has 0 aromatic heterocycles. The van der Waals surface area contributed by atoms with Crippen LogP contribution in [0.15, 0.2) is 72.8 Å². The van der Waals surface area contributed by atoms with E-state index in [4.69, 9.17) is 4.74 Å². The van der Waals surface area contributed by atoms with Gasteiger partial charge in [-0.15, -0.1) is 0 Å². The fraction of sp³-hybridized carbons (Fsp3) is 0.267. The summed E-state index contributed by atoms with van der Waals surface area (Å²) < 4.78 is 4.83. The van der Waals surface area contributed by atoms with Gasteiger partial charge in [0.25, 0.3) is 5.91 Å². The molecule has 0 aliphatic carbocycles. The third-order valence-corrected chi connectivity index (χ3v) is 6.83. The Bertz CT molecular complexity index is 1270. The van der Waals surface area contributed by atoms with Gasteiger partial charge < -0.3 is 15.4 Å². The number of benzene rings is 3. The van der Waals surface area contributed by atoms with Crippen LogP contribution in [-0.2, 0) is 16.1 Å². The lowest BCUT2D eigenvalue weighted by molar-refractivity contribution is -0.110. The number of amides is 1. The van der Waals surface area contributed by atoms with Crippen LogP contribution in [0.25, 0.3) is 11.3 Å². The molecule has 6 heteroatoms. The van der Waals surface area contributed by atoms with E-state index < -0.39 is 5.97 Å². The smallest absolute Gasteiger partial charge is 0.337 e. The normalized spacial score (nSPS) is 17.1. The number of nitrogens with zero attached hydrogens (tertiary/aromatic N) is 1. The second-order valence-corrected chi connectivity index (χ2v) is 9.33. The SMILES string of the molecule is COC(=O)c1ccc2c(c1)NC(=O)/C2=C(\Nc1ccc(CN2CCCCCC2)cc1)c1ccccc1. The molecule has 3 aromatic carbocycles. The maximum atomic E-state index is 13.2. The molecule has 1 fully saturated rings. The lowest BCUT2D eigenvalue weighted by Crippen LogP contribution is -2.23. The summed E-state index contributed by atoms with van der Waals surface area (Å²) in [7, 11) is 1.34. The van der Waals surface area contributed by atoms with E-state index in [1.807, 2.05) is 30.3 Å². The van der Waals surface area contributed by atoms with Crippen LogP contribution in [0.4, 0.5) is 11.4 Å². The predicted octanol–water partition coefficient (Wildman–Crippen LogP) is 5.78. The minimum Gasteiger partial charge on any atom is -0.465 e. The molecular formula is C30H31N3O3. The molecule has 0 unspecified atom stereocenters. The van der Waals surface area contributed by atoms with Gasteiger partial charge in [-0.3, -0.25) is 9.69 Å². The zero-order valence-corrected chi connectivity index (χ0v) is 20.5. The average molecular weight is 482 g/mol. The first-order valence-corrected chi connectivity index (χ1v) is 12.5. The summed E-state index contributed by atoms with van der Waals surface area (Å²) in [6.45, 7) is 3.29. The molecule has 0 atom stereocenters. The number of hydrogen-bond donors (Lipinski definition) is 2. The highest BCUT2D eigenvalue weighted by Crippen LogP contribution is 2.38. The van der Waals surface area contributed by atoms with Crippen molar-refractivity contribution in [3.8, 4) is 0 Å². The Labute approximate surface area is 212 Å². The first kappa shape index (κ1) is 23.8. The molecule has 0 radical (unpaired) electrons. The quantitative estimate of drug-likeness (QED) is 0.345. The zero-order valence-electron chi connectivity index (χ0n) is 20.5. The maximum Gasteiger partial charge on any atom is 0.337 e. The molecule has 5 rings (SSSR count). The molecule has 0 bridgehead atoms. The van der Waals surface area contributed by atoms with Crippen LogP contribution in [0.2, 0.25) is 0 Å². The molecule has 1 amide bonds. The highest BCUT2D eigenvalue weighted by Gasteiger charge is 2.29. The van der Waals surface area contributed by atoms with Crippen molar-refractivity contribution < 1.29 is 14.3 Å². The number of ether oxygens (including phenoxy) is 1. The predicted molar refractivity (Wildman–Crippen MR) is 143 cm³/mol. The third kappa shape index (κ3) is 5.19. The standard InChI is InChI=1S/C30H31N3O3/c1-36-30(35)23-13-16-25-26(19-23)32-29(34)27(25)28(22-9-5-4-6-10-22)31-24-14-11-21(12-15-24)20-33-17-7-2-3-8-18-33/h4-6,9-16,19,31H,2-3,7-8,17-18,20H2,1H3,(H,32,34)/b28-27-. The fourth-order valence-electron chi connectivity index (χ4n) is 4.94. The Balaban J connectivity index is 1.46. The van der Waals surface area contributed by atoms with Crippen LogP contribution in [0.3, 0.4) is 0 Å². The van der Waals surface area contributed by atoms with Crippen LogP contribution in [0.5, 0.6) is 0 Å². The van der Waals surface area contributed by atoms with Crippen molar-refractivity contribution in [1.82, 2.24) is 4.90 Å². The van der Waals surface area contributed by atoms with Gasteiger partial charge >= 0.3 is 5.97 Å². The van der Waals surface area contributed by atoms with Crippen molar-refractivity contribution in [2.24, 2.45) is 0 Å². The number of anilines is 2. The number of rotatable bonds is 6. The lowest BCUT2D eigenvalue weighted by atomic mass is 9.99. The Morgan fingerprint density at radius 1 is 0.917 bits per heavy atom. The molecule has 184 valence electrons. The van der Waals surface area contributed by atoms with E-state index in [1.165, 1.54) is 38.4 Å². The summed E-state index contributed by atoms with van der Waals surface area (Å²) in [5.41, 5.74) is 6.11. The minimum atomic E-state index is -0.439. The van der Waals surface area contributed by atoms with Crippen LogP contribution in [0.1, 0.15) is 52.7 Å². The highest BCUT2D eigenvalue weighted by atomic mass is 16.5. The monoisotopic (exact) mass is 481 g/mol. The van der Waals surface area contributed by atoms with Crippen LogP contribution >= 0.6 is 0 Å². The molecule has 2 heterocycles. The summed E-state index contributed by atoms with van der Waals surface area (Å²) in [6, 6.07) is 23.4. The Morgan fingerprint density at radius 2 is 1.64 bits per heavy atom. The van der Waals surface area contributed by atoms with Gasteiger partial charge in [0.2, 0.25) is 0 Å². The van der Waals surface area contributed by atoms with Gasteiger partial charge in [-0.25, -0.2) is 4.79 Å². The third-order valence-electron chi connectivity index (χ3n) is 6.83. The number of carbonyl (C=O) groups is 2. The van der Waals surface area contributed by atoms with Crippen molar-refractivity contribution in [1.29, 1.82) is 0 Å². The van der Waals surface area contributed by atoms with Gasteiger partial charge in [-0.1, -0.05) is 61.4 Å². The summed E-state index contributed by atoms with van der Waals surface area (Å²) >= 11 is 0.